The van der Waals surface area contributed by atoms with Crippen LogP contribution in [-0.2, 0) is 13.1 Å². The molecule has 324 valence electrons. The number of pyridine rings is 2. The lowest BCUT2D eigenvalue weighted by atomic mass is 9.98. The van der Waals surface area contributed by atoms with E-state index in [9.17, 15) is 5.11 Å². The number of rotatable bonds is 7. The van der Waals surface area contributed by atoms with Crippen LogP contribution in [0, 0.1) is 31.4 Å². The minimum Gasteiger partial charge on any atom is -0.508 e. The average molecular weight is 979 g/mol. The van der Waals surface area contributed by atoms with Gasteiger partial charge >= 0.3 is 0 Å². The van der Waals surface area contributed by atoms with Crippen molar-refractivity contribution >= 4 is 78.1 Å². The van der Waals surface area contributed by atoms with Gasteiger partial charge in [0, 0.05) is 38.6 Å². The lowest BCUT2D eigenvalue weighted by molar-refractivity contribution is 0.475. The number of aryl methyl sites for hydroxylation is 4. The highest BCUT2D eigenvalue weighted by atomic mass is 127. The van der Waals surface area contributed by atoms with Crippen molar-refractivity contribution in [3.05, 3.63) is 171 Å². The van der Waals surface area contributed by atoms with E-state index in [1.54, 1.807) is 18.2 Å². The number of nitrogens with two attached hydrogens (primary N) is 2. The van der Waals surface area contributed by atoms with Crippen LogP contribution in [0.15, 0.2) is 134 Å². The maximum atomic E-state index is 10.1. The Labute approximate surface area is 393 Å². The Hall–Kier alpha value is -7.85. The molecule has 6 heterocycles. The number of hydrogen-bond donors (Lipinski definition) is 3. The van der Waals surface area contributed by atoms with Gasteiger partial charge in [0.25, 0.3) is 0 Å². The summed E-state index contributed by atoms with van der Waals surface area (Å²) in [7, 11) is 0. The van der Waals surface area contributed by atoms with E-state index in [-0.39, 0.29) is 5.75 Å². The molecule has 0 unspecified atom stereocenters. The fourth-order valence-electron chi connectivity index (χ4n) is 8.58. The average Bonchev–Trinajstić information content (AvgIpc) is 3.84. The molecular formula is C52H43IN12O. The van der Waals surface area contributed by atoms with E-state index in [4.69, 9.17) is 31.6 Å². The molecule has 0 spiro atoms. The van der Waals surface area contributed by atoms with Crippen LogP contribution in [0.3, 0.4) is 0 Å². The zero-order valence-electron chi connectivity index (χ0n) is 36.6. The predicted molar refractivity (Wildman–Crippen MR) is 271 cm³/mol. The third-order valence-corrected chi connectivity index (χ3v) is 12.6. The van der Waals surface area contributed by atoms with Crippen LogP contribution in [0.1, 0.15) is 33.4 Å². The highest BCUT2D eigenvalue weighted by molar-refractivity contribution is 14.1. The summed E-state index contributed by atoms with van der Waals surface area (Å²) in [6.45, 7) is 9.37. The molecule has 0 aliphatic carbocycles. The number of hydrogen-bond acceptors (Lipinski definition) is 11. The largest absolute Gasteiger partial charge is 0.508 e. The van der Waals surface area contributed by atoms with Gasteiger partial charge in [0.1, 0.15) is 39.4 Å². The molecule has 6 aromatic heterocycles. The number of halogens is 1. The lowest BCUT2D eigenvalue weighted by Crippen LogP contribution is -2.07. The minimum atomic E-state index is 0.154. The second kappa shape index (κ2) is 17.3. The van der Waals surface area contributed by atoms with Crippen molar-refractivity contribution in [2.75, 3.05) is 11.5 Å². The number of nitrogen functional groups attached to an aromatic ring is 2. The number of phenolic OH excluding ortho intramolecular Hbond substituents is 1. The number of aromatic nitrogens is 10. The number of phenols is 1. The quantitative estimate of drug-likeness (QED) is 0.129. The Bertz CT molecular complexity index is 3670. The molecule has 11 rings (SSSR count). The van der Waals surface area contributed by atoms with Crippen LogP contribution in [-0.4, -0.2) is 54.6 Å². The molecular weight excluding hydrogens is 936 g/mol. The van der Waals surface area contributed by atoms with E-state index in [1.807, 2.05) is 39.7 Å². The number of anilines is 2. The van der Waals surface area contributed by atoms with Gasteiger partial charge in [0.05, 0.1) is 46.3 Å². The number of benzene rings is 5. The zero-order valence-corrected chi connectivity index (χ0v) is 38.7. The molecule has 11 aromatic rings. The molecule has 0 amide bonds. The van der Waals surface area contributed by atoms with E-state index >= 15 is 0 Å². The van der Waals surface area contributed by atoms with Gasteiger partial charge in [-0.2, -0.15) is 10.2 Å². The van der Waals surface area contributed by atoms with E-state index in [0.29, 0.717) is 41.5 Å². The molecule has 5 N–H and O–H groups in total. The Morgan fingerprint density at radius 3 is 1.55 bits per heavy atom. The molecule has 5 aromatic carbocycles. The molecule has 14 heteroatoms. The summed E-state index contributed by atoms with van der Waals surface area (Å²) < 4.78 is 4.52. The molecule has 0 saturated heterocycles. The van der Waals surface area contributed by atoms with E-state index < -0.39 is 0 Å². The van der Waals surface area contributed by atoms with E-state index in [1.165, 1.54) is 18.2 Å². The van der Waals surface area contributed by atoms with Gasteiger partial charge in [0.2, 0.25) is 0 Å². The van der Waals surface area contributed by atoms with Crippen molar-refractivity contribution in [3.8, 4) is 39.5 Å². The molecule has 13 nitrogen and oxygen atoms in total. The molecule has 0 fully saturated rings. The second-order valence-electron chi connectivity index (χ2n) is 16.3. The minimum absolute atomic E-state index is 0.154. The smallest absolute Gasteiger partial charge is 0.164 e. The number of fused-ring (bicyclic) bond motifs is 4. The summed E-state index contributed by atoms with van der Waals surface area (Å²) in [5.41, 5.74) is 27.9. The third kappa shape index (κ3) is 7.78. The first kappa shape index (κ1) is 42.1. The lowest BCUT2D eigenvalue weighted by Gasteiger charge is -2.14. The van der Waals surface area contributed by atoms with Crippen LogP contribution < -0.4 is 11.5 Å². The van der Waals surface area contributed by atoms with Gasteiger partial charge in [-0.25, -0.2) is 39.3 Å². The molecule has 0 aliphatic rings. The SMILES string of the molecule is Cc1ccccc1-c1nc2c(C)cccc2cc1Cn1nc(-c2cccc(O)c2)c2c(N)ncnc21.Cc1ccccc1-c1nc2c(C)cccc2cc1Cn1nc(I)c2c(N)ncnc21. The van der Waals surface area contributed by atoms with Gasteiger partial charge in [-0.15, -0.1) is 0 Å². The summed E-state index contributed by atoms with van der Waals surface area (Å²) in [6, 6.07) is 40.4. The van der Waals surface area contributed by atoms with Gasteiger partial charge in [-0.05, 0) is 96.8 Å². The first-order chi connectivity index (χ1) is 32.0. The van der Waals surface area contributed by atoms with E-state index in [2.05, 4.69) is 143 Å². The Kier molecular flexibility index (Phi) is 11.0. The van der Waals surface area contributed by atoms with Crippen molar-refractivity contribution in [1.82, 2.24) is 49.5 Å². The van der Waals surface area contributed by atoms with Gasteiger partial charge < -0.3 is 16.6 Å². The summed E-state index contributed by atoms with van der Waals surface area (Å²) in [4.78, 5) is 27.5. The number of para-hydroxylation sites is 2. The number of aromatic hydroxyl groups is 1. The molecule has 0 saturated carbocycles. The fourth-order valence-corrected chi connectivity index (χ4v) is 9.36. The van der Waals surface area contributed by atoms with Gasteiger partial charge in [0.15, 0.2) is 11.3 Å². The van der Waals surface area contributed by atoms with Gasteiger partial charge in [-0.3, -0.25) is 0 Å². The summed E-state index contributed by atoms with van der Waals surface area (Å²) in [5.74, 6) is 0.944. The highest BCUT2D eigenvalue weighted by Crippen LogP contribution is 2.35. The Balaban J connectivity index is 0.000000158. The maximum Gasteiger partial charge on any atom is 0.164 e. The summed E-state index contributed by atoms with van der Waals surface area (Å²) >= 11 is 2.18. The van der Waals surface area contributed by atoms with Crippen molar-refractivity contribution in [1.29, 1.82) is 0 Å². The van der Waals surface area contributed by atoms with Gasteiger partial charge in [-0.1, -0.05) is 97.1 Å². The standard InChI is InChI=1S/C29H24N6O.C23H19IN6/c1-17-7-3-4-12-23(17)26-21(13-19-9-5-8-18(2)25(19)33-26)15-35-29-24(28(30)31-16-32-29)27(34-35)20-10-6-11-22(36)14-20;1-13-6-3-4-9-17(13)20-16(10-15-8-5-7-14(2)19(15)28-20)11-30-23-18(21(24)29-30)22(25)26-12-27-23/h3-14,16,36H,15H2,1-2H3,(H2,30,31,32);3-10,12H,11H2,1-2H3,(H2,25,26,27). The van der Waals surface area contributed by atoms with Crippen molar-refractivity contribution < 1.29 is 5.11 Å². The van der Waals surface area contributed by atoms with Crippen LogP contribution in [0.25, 0.3) is 77.6 Å². The maximum absolute atomic E-state index is 10.1. The Morgan fingerprint density at radius 2 is 1.00 bits per heavy atom. The molecule has 0 atom stereocenters. The first-order valence-corrected chi connectivity index (χ1v) is 22.4. The molecule has 0 radical (unpaired) electrons. The van der Waals surface area contributed by atoms with Crippen molar-refractivity contribution in [3.63, 3.8) is 0 Å². The topological polar surface area (TPSA) is 185 Å². The Morgan fingerprint density at radius 1 is 0.515 bits per heavy atom. The van der Waals surface area contributed by atoms with Crippen LogP contribution >= 0.6 is 22.6 Å². The molecule has 0 bridgehead atoms. The summed E-state index contributed by atoms with van der Waals surface area (Å²) in [5, 5.41) is 23.3. The van der Waals surface area contributed by atoms with E-state index in [0.717, 1.165) is 92.4 Å². The highest BCUT2D eigenvalue weighted by Gasteiger charge is 2.21. The predicted octanol–water partition coefficient (Wildman–Crippen LogP) is 10.6. The van der Waals surface area contributed by atoms with Crippen LogP contribution in [0.2, 0.25) is 0 Å². The molecule has 66 heavy (non-hydrogen) atoms. The zero-order chi connectivity index (χ0) is 45.6. The second-order valence-corrected chi connectivity index (χ2v) is 17.4. The number of nitrogens with zero attached hydrogens (tertiary/aromatic N) is 10. The van der Waals surface area contributed by atoms with Crippen LogP contribution in [0.5, 0.6) is 5.75 Å². The summed E-state index contributed by atoms with van der Waals surface area (Å²) in [6.07, 6.45) is 2.93. The molecule has 0 aliphatic heterocycles. The van der Waals surface area contributed by atoms with Crippen molar-refractivity contribution in [2.45, 2.75) is 40.8 Å². The monoisotopic (exact) mass is 978 g/mol. The normalized spacial score (nSPS) is 11.4. The van der Waals surface area contributed by atoms with Crippen LogP contribution in [0.4, 0.5) is 11.6 Å². The first-order valence-electron chi connectivity index (χ1n) is 21.3. The third-order valence-electron chi connectivity index (χ3n) is 11.9. The van der Waals surface area contributed by atoms with Crippen molar-refractivity contribution in [2.24, 2.45) is 0 Å². The fraction of sp³-hybridized carbons (Fsp3) is 0.115.